The zero-order chi connectivity index (χ0) is 32.0. The number of nitrogens with zero attached hydrogens (tertiary/aromatic N) is 3. The topological polar surface area (TPSA) is 45.3 Å². The van der Waals surface area contributed by atoms with Gasteiger partial charge in [-0.05, 0) is 73.6 Å². The van der Waals surface area contributed by atoms with E-state index in [0.29, 0.717) is 36.1 Å². The molecular formula is C34H38F3N3O3S2. The van der Waals surface area contributed by atoms with E-state index in [-0.39, 0.29) is 11.9 Å². The van der Waals surface area contributed by atoms with Crippen molar-refractivity contribution in [2.75, 3.05) is 57.3 Å². The first-order valence-corrected chi connectivity index (χ1v) is 16.4. The van der Waals surface area contributed by atoms with Crippen molar-refractivity contribution in [3.8, 4) is 5.75 Å². The lowest BCUT2D eigenvalue weighted by atomic mass is 10.0. The molecule has 6 nitrogen and oxygen atoms in total. The van der Waals surface area contributed by atoms with Crippen LogP contribution in [-0.2, 0) is 22.1 Å². The Bertz CT molecular complexity index is 1490. The van der Waals surface area contributed by atoms with E-state index in [4.69, 9.17) is 21.7 Å². The molecule has 1 atom stereocenters. The van der Waals surface area contributed by atoms with Gasteiger partial charge in [0.2, 0.25) is 0 Å². The summed E-state index contributed by atoms with van der Waals surface area (Å²) in [7, 11) is 0. The van der Waals surface area contributed by atoms with E-state index in [1.165, 1.54) is 30.8 Å². The molecule has 2 aliphatic rings. The molecule has 45 heavy (non-hydrogen) atoms. The monoisotopic (exact) mass is 657 g/mol. The van der Waals surface area contributed by atoms with Crippen molar-refractivity contribution in [3.63, 3.8) is 0 Å². The van der Waals surface area contributed by atoms with Crippen LogP contribution < -0.4 is 9.64 Å². The highest BCUT2D eigenvalue weighted by Gasteiger charge is 2.33. The SMILES string of the molecule is CC(=O)Oc1ccccc1CC(C)C(=S)OCCN1CCN(CCCN2c3ccccc3Sc3ccc(C(F)(F)F)cc32)CC1. The molecule has 0 aromatic heterocycles. The van der Waals surface area contributed by atoms with Crippen molar-refractivity contribution < 1.29 is 27.4 Å². The van der Waals surface area contributed by atoms with Crippen LogP contribution >= 0.6 is 24.0 Å². The third-order valence-electron chi connectivity index (χ3n) is 8.08. The van der Waals surface area contributed by atoms with E-state index in [1.54, 1.807) is 12.1 Å². The number of esters is 1. The molecule has 5 rings (SSSR count). The Hall–Kier alpha value is -3.12. The summed E-state index contributed by atoms with van der Waals surface area (Å²) in [4.78, 5) is 20.2. The minimum absolute atomic E-state index is 0.00830. The van der Waals surface area contributed by atoms with E-state index >= 15 is 0 Å². The van der Waals surface area contributed by atoms with Crippen molar-refractivity contribution in [2.24, 2.45) is 5.92 Å². The maximum atomic E-state index is 13.5. The quantitative estimate of drug-likeness (QED) is 0.120. The first-order valence-electron chi connectivity index (χ1n) is 15.2. The molecule has 0 saturated carbocycles. The number of anilines is 2. The Labute approximate surface area is 272 Å². The zero-order valence-corrected chi connectivity index (χ0v) is 27.1. The summed E-state index contributed by atoms with van der Waals surface area (Å²) in [6.07, 6.45) is -2.92. The number of piperazine rings is 1. The Balaban J connectivity index is 1.06. The summed E-state index contributed by atoms with van der Waals surface area (Å²) >= 11 is 7.07. The molecule has 0 radical (unpaired) electrons. The summed E-state index contributed by atoms with van der Waals surface area (Å²) in [6.45, 7) is 9.91. The maximum Gasteiger partial charge on any atom is 0.416 e. The van der Waals surface area contributed by atoms with E-state index in [2.05, 4.69) is 9.80 Å². The fourth-order valence-corrected chi connectivity index (χ4v) is 6.94. The van der Waals surface area contributed by atoms with E-state index in [0.717, 1.165) is 66.7 Å². The van der Waals surface area contributed by atoms with Gasteiger partial charge in [0.15, 0.2) is 5.05 Å². The van der Waals surface area contributed by atoms with Gasteiger partial charge in [-0.3, -0.25) is 9.69 Å². The van der Waals surface area contributed by atoms with Crippen LogP contribution in [-0.4, -0.2) is 73.2 Å². The number of halogens is 3. The molecule has 1 unspecified atom stereocenters. The third-order valence-corrected chi connectivity index (χ3v) is 9.73. The summed E-state index contributed by atoms with van der Waals surface area (Å²) < 4.78 is 51.8. The largest absolute Gasteiger partial charge is 0.485 e. The molecule has 0 aliphatic carbocycles. The Morgan fingerprint density at radius 2 is 1.58 bits per heavy atom. The third kappa shape index (κ3) is 8.78. The van der Waals surface area contributed by atoms with Crippen molar-refractivity contribution in [3.05, 3.63) is 77.9 Å². The number of carbonyl (C=O) groups is 1. The average Bonchev–Trinajstić information content (AvgIpc) is 3.01. The van der Waals surface area contributed by atoms with Crippen molar-refractivity contribution in [1.29, 1.82) is 0 Å². The number of carbonyl (C=O) groups excluding carboxylic acids is 1. The van der Waals surface area contributed by atoms with Crippen molar-refractivity contribution >= 4 is 46.4 Å². The van der Waals surface area contributed by atoms with Crippen LogP contribution in [0.2, 0.25) is 0 Å². The van der Waals surface area contributed by atoms with Crippen LogP contribution in [0.15, 0.2) is 76.5 Å². The summed E-state index contributed by atoms with van der Waals surface area (Å²) in [5, 5.41) is 0.549. The molecule has 11 heteroatoms. The summed E-state index contributed by atoms with van der Waals surface area (Å²) in [5.41, 5.74) is 1.88. The number of ether oxygens (including phenoxy) is 2. The highest BCUT2D eigenvalue weighted by Crippen LogP contribution is 2.49. The van der Waals surface area contributed by atoms with Gasteiger partial charge in [-0.25, -0.2) is 0 Å². The predicted octanol–water partition coefficient (Wildman–Crippen LogP) is 7.46. The molecule has 1 fully saturated rings. The maximum absolute atomic E-state index is 13.5. The number of hydrogen-bond acceptors (Lipinski definition) is 8. The standard InChI is InChI=1S/C34H38F3N3O3S2/c1-24(22-26-8-3-5-10-30(26)43-25(2)41)33(44)42-21-20-39-18-16-38(17-19-39)14-7-15-40-28-9-4-6-11-31(28)45-32-13-12-27(23-29(32)40)34(35,36)37/h3-6,8-13,23-24H,7,14-22H2,1-2H3. The predicted molar refractivity (Wildman–Crippen MR) is 176 cm³/mol. The molecule has 0 amide bonds. The summed E-state index contributed by atoms with van der Waals surface area (Å²) in [6, 6.07) is 19.4. The number of rotatable bonds is 11. The highest BCUT2D eigenvalue weighted by atomic mass is 32.2. The molecule has 2 heterocycles. The Morgan fingerprint density at radius 3 is 2.31 bits per heavy atom. The lowest BCUT2D eigenvalue weighted by molar-refractivity contribution is -0.137. The van der Waals surface area contributed by atoms with Crippen LogP contribution in [0, 0.1) is 5.92 Å². The van der Waals surface area contributed by atoms with Crippen LogP contribution in [0.4, 0.5) is 24.5 Å². The first-order chi connectivity index (χ1) is 21.6. The number of benzene rings is 3. The minimum Gasteiger partial charge on any atom is -0.485 e. The van der Waals surface area contributed by atoms with Crippen molar-refractivity contribution in [2.45, 2.75) is 42.7 Å². The van der Waals surface area contributed by atoms with Gasteiger partial charge in [-0.15, -0.1) is 0 Å². The van der Waals surface area contributed by atoms with Gasteiger partial charge in [0.05, 0.1) is 16.9 Å². The van der Waals surface area contributed by atoms with Gasteiger partial charge >= 0.3 is 12.1 Å². The number of thiocarbonyl (C=S) groups is 1. The molecule has 3 aromatic carbocycles. The molecule has 0 N–H and O–H groups in total. The molecule has 0 spiro atoms. The lowest BCUT2D eigenvalue weighted by Crippen LogP contribution is -2.47. The number of fused-ring (bicyclic) bond motifs is 2. The van der Waals surface area contributed by atoms with Gasteiger partial charge in [-0.2, -0.15) is 13.2 Å². The average molecular weight is 658 g/mol. The van der Waals surface area contributed by atoms with Gasteiger partial charge in [0, 0.05) is 61.9 Å². The molecule has 2 aliphatic heterocycles. The van der Waals surface area contributed by atoms with Crippen LogP contribution in [0.3, 0.4) is 0 Å². The lowest BCUT2D eigenvalue weighted by Gasteiger charge is -2.36. The fraction of sp³-hybridized carbons (Fsp3) is 0.412. The van der Waals surface area contributed by atoms with Crippen molar-refractivity contribution in [1.82, 2.24) is 9.80 Å². The zero-order valence-electron chi connectivity index (χ0n) is 25.5. The second-order valence-corrected chi connectivity index (χ2v) is 12.9. The fourth-order valence-electron chi connectivity index (χ4n) is 5.69. The van der Waals surface area contributed by atoms with E-state index in [1.807, 2.05) is 54.3 Å². The number of hydrogen-bond donors (Lipinski definition) is 0. The number of alkyl halides is 3. The molecule has 3 aromatic rings. The molecule has 240 valence electrons. The van der Waals surface area contributed by atoms with Crippen LogP contribution in [0.5, 0.6) is 5.75 Å². The summed E-state index contributed by atoms with van der Waals surface area (Å²) in [5.74, 6) is 0.193. The van der Waals surface area contributed by atoms with E-state index < -0.39 is 11.7 Å². The second kappa shape index (κ2) is 15.0. The van der Waals surface area contributed by atoms with Gasteiger partial charge in [0.25, 0.3) is 0 Å². The molecule has 0 bridgehead atoms. The van der Waals surface area contributed by atoms with Gasteiger partial charge in [-0.1, -0.05) is 49.0 Å². The highest BCUT2D eigenvalue weighted by molar-refractivity contribution is 7.99. The van der Waals surface area contributed by atoms with Gasteiger partial charge < -0.3 is 19.3 Å². The normalized spacial score (nSPS) is 16.1. The smallest absolute Gasteiger partial charge is 0.416 e. The number of para-hydroxylation sites is 2. The van der Waals surface area contributed by atoms with Crippen LogP contribution in [0.25, 0.3) is 0 Å². The van der Waals surface area contributed by atoms with Crippen LogP contribution in [0.1, 0.15) is 31.4 Å². The minimum atomic E-state index is -4.38. The Kier molecular flexibility index (Phi) is 11.1. The van der Waals surface area contributed by atoms with Gasteiger partial charge in [0.1, 0.15) is 12.4 Å². The molecular weight excluding hydrogens is 620 g/mol. The Morgan fingerprint density at radius 1 is 0.911 bits per heavy atom. The second-order valence-electron chi connectivity index (χ2n) is 11.4. The van der Waals surface area contributed by atoms with E-state index in [9.17, 15) is 18.0 Å². The first kappa shape index (κ1) is 33.2. The molecule has 1 saturated heterocycles.